The molecule has 116 valence electrons. The Bertz CT molecular complexity index is 491. The Balaban J connectivity index is 1.90. The van der Waals surface area contributed by atoms with E-state index in [0.29, 0.717) is 11.6 Å². The number of amides is 1. The minimum atomic E-state index is -0.369. The maximum atomic E-state index is 11.2. The summed E-state index contributed by atoms with van der Waals surface area (Å²) in [5.41, 5.74) is 8.07. The lowest BCUT2D eigenvalue weighted by molar-refractivity contribution is 0.1000. The number of hydrogen-bond acceptors (Lipinski definition) is 3. The van der Waals surface area contributed by atoms with Gasteiger partial charge in [0.15, 0.2) is 0 Å². The molecule has 1 aliphatic rings. The van der Waals surface area contributed by atoms with Gasteiger partial charge in [0.25, 0.3) is 0 Å². The highest BCUT2D eigenvalue weighted by molar-refractivity contribution is 5.93. The van der Waals surface area contributed by atoms with Crippen LogP contribution in [0.5, 0.6) is 0 Å². The van der Waals surface area contributed by atoms with Gasteiger partial charge in [-0.05, 0) is 49.4 Å². The normalized spacial score (nSPS) is 17.1. The van der Waals surface area contributed by atoms with Crippen LogP contribution in [0.25, 0.3) is 0 Å². The Hall–Kier alpha value is -1.55. The summed E-state index contributed by atoms with van der Waals surface area (Å²) in [5, 5.41) is 3.61. The van der Waals surface area contributed by atoms with Crippen LogP contribution in [0.15, 0.2) is 18.2 Å². The van der Waals surface area contributed by atoms with Crippen LogP contribution in [0.4, 0.5) is 5.69 Å². The number of piperidine rings is 1. The molecule has 4 nitrogen and oxygen atoms in total. The number of benzene rings is 1. The van der Waals surface area contributed by atoms with E-state index in [-0.39, 0.29) is 5.91 Å². The molecule has 3 N–H and O–H groups in total. The predicted octanol–water partition coefficient (Wildman–Crippen LogP) is 2.63. The van der Waals surface area contributed by atoms with Gasteiger partial charge in [0.2, 0.25) is 5.91 Å². The Morgan fingerprint density at radius 2 is 2.05 bits per heavy atom. The molecule has 1 aliphatic heterocycles. The van der Waals surface area contributed by atoms with Crippen molar-refractivity contribution in [1.29, 1.82) is 0 Å². The van der Waals surface area contributed by atoms with Gasteiger partial charge < -0.3 is 16.0 Å². The van der Waals surface area contributed by atoms with Crippen molar-refractivity contribution >= 4 is 11.6 Å². The summed E-state index contributed by atoms with van der Waals surface area (Å²) in [6, 6.07) is 6.14. The second-order valence-electron chi connectivity index (χ2n) is 6.51. The van der Waals surface area contributed by atoms with Crippen LogP contribution < -0.4 is 11.1 Å². The van der Waals surface area contributed by atoms with E-state index in [4.69, 9.17) is 5.73 Å². The van der Waals surface area contributed by atoms with Crippen molar-refractivity contribution in [2.45, 2.75) is 39.7 Å². The molecule has 0 aromatic heterocycles. The maximum absolute atomic E-state index is 11.2. The number of anilines is 1. The minimum absolute atomic E-state index is 0.369. The molecule has 1 fully saturated rings. The van der Waals surface area contributed by atoms with Gasteiger partial charge in [-0.15, -0.1) is 0 Å². The SMILES string of the molecule is Cc1cc(C(N)=O)ccc1NC1CCN(CC(C)C)CC1. The predicted molar refractivity (Wildman–Crippen MR) is 87.6 cm³/mol. The molecule has 4 heteroatoms. The van der Waals surface area contributed by atoms with E-state index in [1.165, 1.54) is 19.4 Å². The summed E-state index contributed by atoms with van der Waals surface area (Å²) in [6.07, 6.45) is 2.34. The topological polar surface area (TPSA) is 58.4 Å². The average molecular weight is 289 g/mol. The fraction of sp³-hybridized carbons (Fsp3) is 0.588. The molecule has 0 spiro atoms. The maximum Gasteiger partial charge on any atom is 0.248 e. The highest BCUT2D eigenvalue weighted by atomic mass is 16.1. The number of nitrogens with one attached hydrogen (secondary N) is 1. The summed E-state index contributed by atoms with van der Waals surface area (Å²) in [7, 11) is 0. The zero-order valence-corrected chi connectivity index (χ0v) is 13.4. The van der Waals surface area contributed by atoms with Gasteiger partial charge in [-0.1, -0.05) is 13.8 Å². The van der Waals surface area contributed by atoms with Crippen LogP contribution >= 0.6 is 0 Å². The molecule has 1 amide bonds. The van der Waals surface area contributed by atoms with E-state index in [2.05, 4.69) is 24.1 Å². The Labute approximate surface area is 127 Å². The van der Waals surface area contributed by atoms with Crippen molar-refractivity contribution in [3.63, 3.8) is 0 Å². The standard InChI is InChI=1S/C17H27N3O/c1-12(2)11-20-8-6-15(7-9-20)19-16-5-4-14(17(18)21)10-13(16)3/h4-5,10,12,15,19H,6-9,11H2,1-3H3,(H2,18,21). The van der Waals surface area contributed by atoms with Gasteiger partial charge in [0.05, 0.1) is 0 Å². The fourth-order valence-electron chi connectivity index (χ4n) is 2.98. The van der Waals surface area contributed by atoms with Crippen molar-refractivity contribution < 1.29 is 4.79 Å². The molecule has 0 radical (unpaired) electrons. The highest BCUT2D eigenvalue weighted by Gasteiger charge is 2.19. The molecule has 1 aromatic carbocycles. The van der Waals surface area contributed by atoms with E-state index in [0.717, 1.165) is 30.3 Å². The van der Waals surface area contributed by atoms with E-state index in [9.17, 15) is 4.79 Å². The second-order valence-corrected chi connectivity index (χ2v) is 6.51. The van der Waals surface area contributed by atoms with E-state index >= 15 is 0 Å². The van der Waals surface area contributed by atoms with Crippen molar-refractivity contribution in [1.82, 2.24) is 4.90 Å². The first-order chi connectivity index (χ1) is 9.95. The Morgan fingerprint density at radius 1 is 1.38 bits per heavy atom. The van der Waals surface area contributed by atoms with E-state index < -0.39 is 0 Å². The second kappa shape index (κ2) is 6.94. The average Bonchev–Trinajstić information content (AvgIpc) is 2.42. The lowest BCUT2D eigenvalue weighted by atomic mass is 10.0. The third kappa shape index (κ3) is 4.46. The largest absolute Gasteiger partial charge is 0.382 e. The van der Waals surface area contributed by atoms with Gasteiger partial charge in [0, 0.05) is 36.9 Å². The number of aryl methyl sites for hydroxylation is 1. The first kappa shape index (κ1) is 15.8. The minimum Gasteiger partial charge on any atom is -0.382 e. The third-order valence-corrected chi connectivity index (χ3v) is 4.08. The lowest BCUT2D eigenvalue weighted by Gasteiger charge is -2.34. The molecule has 1 aromatic rings. The first-order valence-electron chi connectivity index (χ1n) is 7.85. The van der Waals surface area contributed by atoms with Crippen LogP contribution in [0.2, 0.25) is 0 Å². The van der Waals surface area contributed by atoms with Crippen LogP contribution in [0.3, 0.4) is 0 Å². The first-order valence-corrected chi connectivity index (χ1v) is 7.85. The van der Waals surface area contributed by atoms with Gasteiger partial charge in [-0.2, -0.15) is 0 Å². The Kier molecular flexibility index (Phi) is 5.23. The number of primary amides is 1. The molecular formula is C17H27N3O. The third-order valence-electron chi connectivity index (χ3n) is 4.08. The molecule has 0 bridgehead atoms. The van der Waals surface area contributed by atoms with Crippen molar-refractivity contribution in [3.8, 4) is 0 Å². The van der Waals surface area contributed by atoms with Gasteiger partial charge in [0.1, 0.15) is 0 Å². The number of nitrogens with two attached hydrogens (primary N) is 1. The molecule has 0 saturated carbocycles. The van der Waals surface area contributed by atoms with Crippen LogP contribution in [0, 0.1) is 12.8 Å². The monoisotopic (exact) mass is 289 g/mol. The van der Waals surface area contributed by atoms with Gasteiger partial charge in [-0.25, -0.2) is 0 Å². The summed E-state index contributed by atoms with van der Waals surface area (Å²) in [4.78, 5) is 13.7. The summed E-state index contributed by atoms with van der Waals surface area (Å²) in [5.74, 6) is 0.366. The molecule has 21 heavy (non-hydrogen) atoms. The van der Waals surface area contributed by atoms with Crippen LogP contribution in [-0.2, 0) is 0 Å². The van der Waals surface area contributed by atoms with E-state index in [1.54, 1.807) is 6.07 Å². The molecule has 2 rings (SSSR count). The lowest BCUT2D eigenvalue weighted by Crippen LogP contribution is -2.40. The smallest absolute Gasteiger partial charge is 0.248 e. The van der Waals surface area contributed by atoms with Gasteiger partial charge >= 0.3 is 0 Å². The van der Waals surface area contributed by atoms with E-state index in [1.807, 2.05) is 19.1 Å². The summed E-state index contributed by atoms with van der Waals surface area (Å²) >= 11 is 0. The van der Waals surface area contributed by atoms with Gasteiger partial charge in [-0.3, -0.25) is 4.79 Å². The number of likely N-dealkylation sites (tertiary alicyclic amines) is 1. The number of hydrogen-bond donors (Lipinski definition) is 2. The summed E-state index contributed by atoms with van der Waals surface area (Å²) in [6.45, 7) is 10.1. The summed E-state index contributed by atoms with van der Waals surface area (Å²) < 4.78 is 0. The molecule has 1 saturated heterocycles. The highest BCUT2D eigenvalue weighted by Crippen LogP contribution is 2.21. The zero-order chi connectivity index (χ0) is 15.4. The molecule has 0 unspecified atom stereocenters. The van der Waals surface area contributed by atoms with Crippen molar-refractivity contribution in [2.24, 2.45) is 11.7 Å². The Morgan fingerprint density at radius 3 is 2.57 bits per heavy atom. The number of carbonyl (C=O) groups excluding carboxylic acids is 1. The number of carbonyl (C=O) groups is 1. The number of nitrogens with zero attached hydrogens (tertiary/aromatic N) is 1. The molecular weight excluding hydrogens is 262 g/mol. The zero-order valence-electron chi connectivity index (χ0n) is 13.4. The fourth-order valence-corrected chi connectivity index (χ4v) is 2.98. The van der Waals surface area contributed by atoms with Crippen LogP contribution in [0.1, 0.15) is 42.6 Å². The molecule has 0 aliphatic carbocycles. The van der Waals surface area contributed by atoms with Crippen molar-refractivity contribution in [3.05, 3.63) is 29.3 Å². The quantitative estimate of drug-likeness (QED) is 0.876. The number of rotatable bonds is 5. The van der Waals surface area contributed by atoms with Crippen LogP contribution in [-0.4, -0.2) is 36.5 Å². The van der Waals surface area contributed by atoms with Crippen molar-refractivity contribution in [2.75, 3.05) is 25.0 Å². The molecule has 0 atom stereocenters. The molecule has 1 heterocycles.